The van der Waals surface area contributed by atoms with E-state index in [0.717, 1.165) is 45.1 Å². The molecule has 3 heterocycles. The largest absolute Gasteiger partial charge is 0.411 e. The first-order valence-corrected chi connectivity index (χ1v) is 15.3. The summed E-state index contributed by atoms with van der Waals surface area (Å²) in [6, 6.07) is 0. The molecule has 0 amide bonds. The topological polar surface area (TPSA) is 77.4 Å². The molecule has 0 aromatic rings. The van der Waals surface area contributed by atoms with E-state index in [4.69, 9.17) is 18.6 Å². The van der Waals surface area contributed by atoms with E-state index in [0.29, 0.717) is 32.5 Å². The molecule has 3 aliphatic heterocycles. The molecule has 4 rings (SSSR count). The Bertz CT molecular complexity index is 641. The first kappa shape index (κ1) is 24.1. The Labute approximate surface area is 189 Å². The minimum atomic E-state index is -2.18. The van der Waals surface area contributed by atoms with Crippen LogP contribution in [0.2, 0.25) is 18.1 Å². The van der Waals surface area contributed by atoms with Crippen LogP contribution in [0.4, 0.5) is 0 Å². The summed E-state index contributed by atoms with van der Waals surface area (Å²) in [4.78, 5) is 0. The van der Waals surface area contributed by atoms with Gasteiger partial charge in [-0.2, -0.15) is 0 Å². The van der Waals surface area contributed by atoms with Crippen molar-refractivity contribution in [2.45, 2.75) is 125 Å². The number of ether oxygens (including phenoxy) is 3. The smallest absolute Gasteiger partial charge is 0.192 e. The summed E-state index contributed by atoms with van der Waals surface area (Å²) in [5.41, 5.74) is -3.21. The number of hydrogen-bond donors (Lipinski definition) is 2. The van der Waals surface area contributed by atoms with Crippen LogP contribution < -0.4 is 0 Å². The first-order valence-electron chi connectivity index (χ1n) is 12.4. The van der Waals surface area contributed by atoms with Gasteiger partial charge in [-0.15, -0.1) is 0 Å². The van der Waals surface area contributed by atoms with Gasteiger partial charge in [0.1, 0.15) is 22.4 Å². The SMILES string of the molecule is CC(C)(C)[Si](C)(C)O[C@@H]1C[C@]2(CCCO2)[C@@]2(CCCO2)[C@]2(CCCO2)[C@@]1(O)CCCO. The zero-order chi connectivity index (χ0) is 22.6. The summed E-state index contributed by atoms with van der Waals surface area (Å²) in [6.07, 6.45) is 6.58. The number of aliphatic hydroxyl groups is 2. The van der Waals surface area contributed by atoms with Crippen LogP contribution in [0.1, 0.15) is 78.6 Å². The monoisotopic (exact) mass is 456 g/mol. The molecule has 4 fully saturated rings. The molecule has 0 unspecified atom stereocenters. The molecule has 3 spiro atoms. The van der Waals surface area contributed by atoms with Crippen molar-refractivity contribution in [3.63, 3.8) is 0 Å². The van der Waals surface area contributed by atoms with E-state index in [2.05, 4.69) is 33.9 Å². The second kappa shape index (κ2) is 8.03. The second-order valence-electron chi connectivity index (χ2n) is 11.8. The van der Waals surface area contributed by atoms with E-state index in [1.807, 2.05) is 0 Å². The summed E-state index contributed by atoms with van der Waals surface area (Å²) in [5.74, 6) is 0. The van der Waals surface area contributed by atoms with E-state index >= 15 is 0 Å². The third-order valence-electron chi connectivity index (χ3n) is 9.24. The van der Waals surface area contributed by atoms with Crippen molar-refractivity contribution in [2.24, 2.45) is 0 Å². The Morgan fingerprint density at radius 3 is 2.00 bits per heavy atom. The van der Waals surface area contributed by atoms with Crippen LogP contribution >= 0.6 is 0 Å². The van der Waals surface area contributed by atoms with Gasteiger partial charge in [0.25, 0.3) is 0 Å². The molecule has 31 heavy (non-hydrogen) atoms. The molecule has 0 bridgehead atoms. The van der Waals surface area contributed by atoms with Crippen molar-refractivity contribution in [1.82, 2.24) is 0 Å². The van der Waals surface area contributed by atoms with E-state index in [-0.39, 0.29) is 11.6 Å². The molecule has 7 heteroatoms. The molecule has 1 aliphatic carbocycles. The Hall–Kier alpha value is -0.0231. The summed E-state index contributed by atoms with van der Waals surface area (Å²) in [7, 11) is -2.18. The molecule has 180 valence electrons. The van der Waals surface area contributed by atoms with Gasteiger partial charge in [-0.05, 0) is 69.5 Å². The van der Waals surface area contributed by atoms with Crippen LogP contribution in [0, 0.1) is 0 Å². The van der Waals surface area contributed by atoms with E-state index in [1.165, 1.54) is 0 Å². The van der Waals surface area contributed by atoms with Crippen LogP contribution in [0.3, 0.4) is 0 Å². The highest BCUT2D eigenvalue weighted by Gasteiger charge is 2.80. The molecule has 2 N–H and O–H groups in total. The number of hydrogen-bond acceptors (Lipinski definition) is 6. The highest BCUT2D eigenvalue weighted by molar-refractivity contribution is 6.74. The molecule has 1 saturated carbocycles. The maximum atomic E-state index is 12.6. The van der Waals surface area contributed by atoms with Gasteiger partial charge in [-0.1, -0.05) is 20.8 Å². The van der Waals surface area contributed by atoms with Crippen molar-refractivity contribution in [3.8, 4) is 0 Å². The molecule has 0 aromatic carbocycles. The Morgan fingerprint density at radius 2 is 1.52 bits per heavy atom. The summed E-state index contributed by atoms with van der Waals surface area (Å²) < 4.78 is 26.9. The van der Waals surface area contributed by atoms with Gasteiger partial charge in [0, 0.05) is 32.8 Å². The van der Waals surface area contributed by atoms with E-state index < -0.39 is 36.8 Å². The van der Waals surface area contributed by atoms with Gasteiger partial charge < -0.3 is 28.8 Å². The third-order valence-corrected chi connectivity index (χ3v) is 13.7. The minimum Gasteiger partial charge on any atom is -0.411 e. The lowest BCUT2D eigenvalue weighted by molar-refractivity contribution is -0.355. The van der Waals surface area contributed by atoms with Gasteiger partial charge in [-0.3, -0.25) is 0 Å². The van der Waals surface area contributed by atoms with E-state index in [9.17, 15) is 10.2 Å². The van der Waals surface area contributed by atoms with Gasteiger partial charge in [-0.25, -0.2) is 0 Å². The second-order valence-corrected chi connectivity index (χ2v) is 16.6. The minimum absolute atomic E-state index is 0.0251. The lowest BCUT2D eigenvalue weighted by atomic mass is 9.51. The van der Waals surface area contributed by atoms with Gasteiger partial charge in [0.05, 0.1) is 6.10 Å². The maximum absolute atomic E-state index is 12.6. The average Bonchev–Trinajstić information content (AvgIpc) is 3.44. The van der Waals surface area contributed by atoms with Crippen molar-refractivity contribution in [3.05, 3.63) is 0 Å². The first-order chi connectivity index (χ1) is 14.5. The van der Waals surface area contributed by atoms with Gasteiger partial charge in [0.2, 0.25) is 0 Å². The highest BCUT2D eigenvalue weighted by Crippen LogP contribution is 2.65. The van der Waals surface area contributed by atoms with Gasteiger partial charge in [0.15, 0.2) is 8.32 Å². The summed E-state index contributed by atoms with van der Waals surface area (Å²) in [5, 5.41) is 22.4. The van der Waals surface area contributed by atoms with Crippen molar-refractivity contribution in [2.75, 3.05) is 26.4 Å². The Morgan fingerprint density at radius 1 is 0.935 bits per heavy atom. The van der Waals surface area contributed by atoms with Crippen LogP contribution in [0.25, 0.3) is 0 Å². The fourth-order valence-corrected chi connectivity index (χ4v) is 8.13. The normalized spacial score (nSPS) is 43.6. The van der Waals surface area contributed by atoms with Crippen LogP contribution in [0.5, 0.6) is 0 Å². The Kier molecular flexibility index (Phi) is 6.25. The number of rotatable bonds is 5. The van der Waals surface area contributed by atoms with Crippen LogP contribution in [-0.4, -0.2) is 73.5 Å². The molecule has 6 nitrogen and oxygen atoms in total. The van der Waals surface area contributed by atoms with Crippen molar-refractivity contribution >= 4 is 8.32 Å². The number of fused-ring (bicyclic) bond motifs is 2. The van der Waals surface area contributed by atoms with Crippen LogP contribution in [0.15, 0.2) is 0 Å². The van der Waals surface area contributed by atoms with E-state index in [1.54, 1.807) is 0 Å². The van der Waals surface area contributed by atoms with Crippen molar-refractivity contribution < 1.29 is 28.8 Å². The predicted molar refractivity (Wildman–Crippen MR) is 122 cm³/mol. The average molecular weight is 457 g/mol. The number of aliphatic hydroxyl groups excluding tert-OH is 1. The zero-order valence-electron chi connectivity index (χ0n) is 20.3. The molecule has 5 atom stereocenters. The molecular weight excluding hydrogens is 412 g/mol. The molecular formula is C24H44O6Si. The summed E-state index contributed by atoms with van der Waals surface area (Å²) in [6.45, 7) is 13.3. The lowest BCUT2D eigenvalue weighted by Crippen LogP contribution is -2.83. The van der Waals surface area contributed by atoms with Crippen molar-refractivity contribution in [1.29, 1.82) is 0 Å². The maximum Gasteiger partial charge on any atom is 0.192 e. The predicted octanol–water partition coefficient (Wildman–Crippen LogP) is 3.93. The van der Waals surface area contributed by atoms with Gasteiger partial charge >= 0.3 is 0 Å². The standard InChI is InChI=1S/C24H44O6Si/c1-20(2,3)31(4,5)30-19-18-21(10-7-15-27-21)23(12-8-16-28-23)24(13-9-17-29-24)22(19,26)11-6-14-25/h19,25-26H,6-18H2,1-5H3/t19-,21-,22-,23+,24+/m1/s1. The molecule has 3 saturated heterocycles. The quantitative estimate of drug-likeness (QED) is 0.611. The third kappa shape index (κ3) is 3.33. The highest BCUT2D eigenvalue weighted by atomic mass is 28.4. The fourth-order valence-electron chi connectivity index (χ4n) is 6.79. The molecule has 0 radical (unpaired) electrons. The zero-order valence-corrected chi connectivity index (χ0v) is 21.3. The lowest BCUT2D eigenvalue weighted by Gasteiger charge is -2.66. The summed E-state index contributed by atoms with van der Waals surface area (Å²) >= 11 is 0. The molecule has 0 aromatic heterocycles. The Balaban J connectivity index is 1.85. The molecule has 4 aliphatic rings. The fraction of sp³-hybridized carbons (Fsp3) is 1.00. The van der Waals surface area contributed by atoms with Crippen LogP contribution in [-0.2, 0) is 18.6 Å².